The topological polar surface area (TPSA) is 57.5 Å². The summed E-state index contributed by atoms with van der Waals surface area (Å²) in [5.74, 6) is -0.754. The largest absolute Gasteiger partial charge is 0.481 e. The van der Waals surface area contributed by atoms with Gasteiger partial charge in [0, 0.05) is 6.42 Å². The number of aliphatic carboxylic acids is 1. The molecule has 0 aromatic carbocycles. The molecule has 3 nitrogen and oxygen atoms in total. The van der Waals surface area contributed by atoms with E-state index >= 15 is 0 Å². The van der Waals surface area contributed by atoms with Gasteiger partial charge in [0.15, 0.2) is 0 Å². The van der Waals surface area contributed by atoms with Gasteiger partial charge in [0.1, 0.15) is 0 Å². The molecule has 1 atom stereocenters. The maximum atomic E-state index is 10.4. The summed E-state index contributed by atoms with van der Waals surface area (Å²) in [7, 11) is 0. The quantitative estimate of drug-likeness (QED) is 0.260. The number of carboxylic acid groups (broad SMARTS) is 1. The Morgan fingerprint density at radius 2 is 1.43 bits per heavy atom. The molecule has 136 valence electrons. The molecule has 0 bridgehead atoms. The Labute approximate surface area is 143 Å². The fourth-order valence-electron chi connectivity index (χ4n) is 2.73. The first-order chi connectivity index (χ1) is 11.2. The molecule has 0 aromatic rings. The van der Waals surface area contributed by atoms with Crippen molar-refractivity contribution in [2.45, 2.75) is 109 Å². The second-order valence-electron chi connectivity index (χ2n) is 6.61. The minimum atomic E-state index is -0.754. The average Bonchev–Trinajstić information content (AvgIpc) is 2.52. The smallest absolute Gasteiger partial charge is 0.303 e. The monoisotopic (exact) mass is 326 g/mol. The molecule has 0 fully saturated rings. The van der Waals surface area contributed by atoms with Gasteiger partial charge in [0.2, 0.25) is 0 Å². The van der Waals surface area contributed by atoms with Crippen molar-refractivity contribution in [3.05, 3.63) is 12.2 Å². The van der Waals surface area contributed by atoms with Crippen LogP contribution in [0.2, 0.25) is 0 Å². The van der Waals surface area contributed by atoms with Crippen molar-refractivity contribution in [1.29, 1.82) is 0 Å². The summed E-state index contributed by atoms with van der Waals surface area (Å²) >= 11 is 0. The van der Waals surface area contributed by atoms with Gasteiger partial charge in [0.05, 0.1) is 6.10 Å². The lowest BCUT2D eigenvalue weighted by atomic mass is 10.1. The van der Waals surface area contributed by atoms with Gasteiger partial charge in [-0.05, 0) is 32.1 Å². The first-order valence-electron chi connectivity index (χ1n) is 9.73. The molecule has 0 amide bonds. The minimum Gasteiger partial charge on any atom is -0.481 e. The molecule has 0 saturated carbocycles. The number of hydrogen-bond acceptors (Lipinski definition) is 2. The van der Waals surface area contributed by atoms with Crippen molar-refractivity contribution in [3.63, 3.8) is 0 Å². The second-order valence-corrected chi connectivity index (χ2v) is 6.61. The lowest BCUT2D eigenvalue weighted by molar-refractivity contribution is -0.137. The Morgan fingerprint density at radius 1 is 0.870 bits per heavy atom. The molecule has 0 radical (unpaired) electrons. The zero-order valence-electron chi connectivity index (χ0n) is 15.1. The molecule has 2 N–H and O–H groups in total. The van der Waals surface area contributed by atoms with Crippen molar-refractivity contribution in [2.75, 3.05) is 0 Å². The van der Waals surface area contributed by atoms with Crippen LogP contribution < -0.4 is 0 Å². The predicted octanol–water partition coefficient (Wildman–Crippen LogP) is 5.86. The highest BCUT2D eigenvalue weighted by molar-refractivity contribution is 5.66. The van der Waals surface area contributed by atoms with Crippen molar-refractivity contribution >= 4 is 5.97 Å². The Balaban J connectivity index is 3.25. The zero-order chi connectivity index (χ0) is 17.2. The highest BCUT2D eigenvalue weighted by Crippen LogP contribution is 2.12. The van der Waals surface area contributed by atoms with Gasteiger partial charge in [-0.2, -0.15) is 0 Å². The summed E-state index contributed by atoms with van der Waals surface area (Å²) < 4.78 is 0. The van der Waals surface area contributed by atoms with Crippen LogP contribution in [0.4, 0.5) is 0 Å². The predicted molar refractivity (Wildman–Crippen MR) is 97.7 cm³/mol. The van der Waals surface area contributed by atoms with Gasteiger partial charge in [-0.15, -0.1) is 0 Å². The highest BCUT2D eigenvalue weighted by atomic mass is 16.4. The molecule has 23 heavy (non-hydrogen) atoms. The first-order valence-corrected chi connectivity index (χ1v) is 9.73. The SMILES string of the molecule is CCCCCCCCCCCC/C=C\[C@@H](O)CCCCC(=O)O. The summed E-state index contributed by atoms with van der Waals surface area (Å²) in [5, 5.41) is 18.3. The molecular weight excluding hydrogens is 288 g/mol. The van der Waals surface area contributed by atoms with E-state index in [0.717, 1.165) is 12.8 Å². The van der Waals surface area contributed by atoms with Gasteiger partial charge < -0.3 is 10.2 Å². The highest BCUT2D eigenvalue weighted by Gasteiger charge is 2.01. The van der Waals surface area contributed by atoms with Crippen LogP contribution in [-0.4, -0.2) is 22.3 Å². The molecule has 0 aliphatic heterocycles. The third-order valence-electron chi connectivity index (χ3n) is 4.22. The van der Waals surface area contributed by atoms with Crippen LogP contribution in [0.15, 0.2) is 12.2 Å². The van der Waals surface area contributed by atoms with Crippen LogP contribution in [0.3, 0.4) is 0 Å². The fraction of sp³-hybridized carbons (Fsp3) is 0.850. The van der Waals surface area contributed by atoms with Gasteiger partial charge in [0.25, 0.3) is 0 Å². The number of allylic oxidation sites excluding steroid dienone is 1. The lowest BCUT2D eigenvalue weighted by Crippen LogP contribution is -2.02. The van der Waals surface area contributed by atoms with E-state index in [9.17, 15) is 9.90 Å². The zero-order valence-corrected chi connectivity index (χ0v) is 15.1. The van der Waals surface area contributed by atoms with Crippen LogP contribution in [0, 0.1) is 0 Å². The van der Waals surface area contributed by atoms with E-state index in [1.807, 2.05) is 6.08 Å². The Hall–Kier alpha value is -0.830. The Bertz CT molecular complexity index is 287. The number of unbranched alkanes of at least 4 members (excludes halogenated alkanes) is 11. The standard InChI is InChI=1S/C20H38O3/c1-2-3-4-5-6-7-8-9-10-11-12-13-16-19(21)17-14-15-18-20(22)23/h13,16,19,21H,2-12,14-15,17-18H2,1H3,(H,22,23)/b16-13-/t19-/m1/s1. The number of carbonyl (C=O) groups is 1. The number of aliphatic hydroxyl groups excluding tert-OH is 1. The Kier molecular flexibility index (Phi) is 16.9. The molecule has 0 spiro atoms. The van der Waals surface area contributed by atoms with Gasteiger partial charge in [-0.25, -0.2) is 0 Å². The van der Waals surface area contributed by atoms with Crippen LogP contribution in [-0.2, 0) is 4.79 Å². The lowest BCUT2D eigenvalue weighted by Gasteiger charge is -2.04. The van der Waals surface area contributed by atoms with Gasteiger partial charge in [-0.1, -0.05) is 76.9 Å². The number of aliphatic hydroxyl groups is 1. The van der Waals surface area contributed by atoms with E-state index in [1.165, 1.54) is 64.2 Å². The summed E-state index contributed by atoms with van der Waals surface area (Å²) in [6, 6.07) is 0. The van der Waals surface area contributed by atoms with Crippen molar-refractivity contribution in [3.8, 4) is 0 Å². The number of carboxylic acids is 1. The third kappa shape index (κ3) is 19.1. The molecule has 0 heterocycles. The molecule has 0 rings (SSSR count). The van der Waals surface area contributed by atoms with E-state index in [0.29, 0.717) is 12.8 Å². The molecule has 0 aliphatic rings. The summed E-state index contributed by atoms with van der Waals surface area (Å²) in [6.45, 7) is 2.26. The van der Waals surface area contributed by atoms with E-state index in [4.69, 9.17) is 5.11 Å². The maximum absolute atomic E-state index is 10.4. The van der Waals surface area contributed by atoms with E-state index < -0.39 is 12.1 Å². The Morgan fingerprint density at radius 3 is 2.00 bits per heavy atom. The average molecular weight is 327 g/mol. The molecule has 0 aliphatic carbocycles. The first kappa shape index (κ1) is 22.2. The second kappa shape index (κ2) is 17.5. The molecule has 3 heteroatoms. The molecule has 0 aromatic heterocycles. The summed E-state index contributed by atoms with van der Waals surface area (Å²) in [4.78, 5) is 10.4. The maximum Gasteiger partial charge on any atom is 0.303 e. The third-order valence-corrected chi connectivity index (χ3v) is 4.22. The van der Waals surface area contributed by atoms with Crippen LogP contribution in [0.1, 0.15) is 103 Å². The van der Waals surface area contributed by atoms with Gasteiger partial charge >= 0.3 is 5.97 Å². The minimum absolute atomic E-state index is 0.203. The molecular formula is C20H38O3. The van der Waals surface area contributed by atoms with Crippen molar-refractivity contribution in [2.24, 2.45) is 0 Å². The summed E-state index contributed by atoms with van der Waals surface area (Å²) in [6.07, 6.45) is 20.4. The number of rotatable bonds is 17. The van der Waals surface area contributed by atoms with E-state index in [2.05, 4.69) is 13.0 Å². The fourth-order valence-corrected chi connectivity index (χ4v) is 2.73. The van der Waals surface area contributed by atoms with E-state index in [-0.39, 0.29) is 6.42 Å². The van der Waals surface area contributed by atoms with Crippen LogP contribution in [0.25, 0.3) is 0 Å². The van der Waals surface area contributed by atoms with Crippen LogP contribution in [0.5, 0.6) is 0 Å². The normalized spacial score (nSPS) is 12.8. The van der Waals surface area contributed by atoms with Gasteiger partial charge in [-0.3, -0.25) is 4.79 Å². The molecule has 0 saturated heterocycles. The van der Waals surface area contributed by atoms with Crippen molar-refractivity contribution < 1.29 is 15.0 Å². The molecule has 0 unspecified atom stereocenters. The van der Waals surface area contributed by atoms with Crippen LogP contribution >= 0.6 is 0 Å². The van der Waals surface area contributed by atoms with Crippen molar-refractivity contribution in [1.82, 2.24) is 0 Å². The summed E-state index contributed by atoms with van der Waals surface area (Å²) in [5.41, 5.74) is 0. The number of hydrogen-bond donors (Lipinski definition) is 2. The van der Waals surface area contributed by atoms with E-state index in [1.54, 1.807) is 0 Å².